The zero-order chi connectivity index (χ0) is 12.4. The smallest absolute Gasteiger partial charge is 0.129 e. The van der Waals surface area contributed by atoms with Gasteiger partial charge in [0, 0.05) is 30.2 Å². The first-order chi connectivity index (χ1) is 8.06. The van der Waals surface area contributed by atoms with E-state index in [1.54, 1.807) is 12.1 Å². The molecule has 1 aromatic carbocycles. The Balaban J connectivity index is 2.10. The molecule has 0 spiro atoms. The molecule has 1 heterocycles. The van der Waals surface area contributed by atoms with E-state index in [2.05, 4.69) is 4.90 Å². The number of nitrogens with zero attached hydrogens (tertiary/aromatic N) is 1. The number of morpholine rings is 1. The molecule has 0 N–H and O–H groups in total. The van der Waals surface area contributed by atoms with Gasteiger partial charge in [-0.05, 0) is 26.0 Å². The van der Waals surface area contributed by atoms with E-state index >= 15 is 0 Å². The summed E-state index contributed by atoms with van der Waals surface area (Å²) in [7, 11) is 0. The quantitative estimate of drug-likeness (QED) is 0.807. The van der Waals surface area contributed by atoms with Crippen LogP contribution in [0.15, 0.2) is 18.2 Å². The second-order valence-corrected chi connectivity index (χ2v) is 5.06. The van der Waals surface area contributed by atoms with Crippen LogP contribution < -0.4 is 0 Å². The second kappa shape index (κ2) is 5.34. The number of halogens is 2. The maximum absolute atomic E-state index is 13.7. The van der Waals surface area contributed by atoms with Crippen LogP contribution in [0, 0.1) is 5.82 Å². The standard InChI is InChI=1S/C13H17ClFNO/c1-9-6-16(7-10(2)17-9)8-11-12(14)4-3-5-13(11)15/h3-5,9-10H,6-8H2,1-2H3/t9-,10+. The molecule has 0 amide bonds. The third kappa shape index (κ3) is 3.18. The Hall–Kier alpha value is -0.640. The van der Waals surface area contributed by atoms with Crippen LogP contribution in [0.5, 0.6) is 0 Å². The van der Waals surface area contributed by atoms with Crippen LogP contribution in [0.2, 0.25) is 5.02 Å². The summed E-state index contributed by atoms with van der Waals surface area (Å²) in [5, 5.41) is 0.497. The molecule has 2 atom stereocenters. The van der Waals surface area contributed by atoms with E-state index in [1.807, 2.05) is 13.8 Å². The Labute approximate surface area is 106 Å². The third-order valence-electron chi connectivity index (χ3n) is 2.94. The van der Waals surface area contributed by atoms with Crippen molar-refractivity contribution in [3.8, 4) is 0 Å². The fraction of sp³-hybridized carbons (Fsp3) is 0.538. The van der Waals surface area contributed by atoms with Gasteiger partial charge >= 0.3 is 0 Å². The summed E-state index contributed by atoms with van der Waals surface area (Å²) in [6.07, 6.45) is 0.369. The molecule has 1 aliphatic rings. The summed E-state index contributed by atoms with van der Waals surface area (Å²) in [6, 6.07) is 4.81. The van der Waals surface area contributed by atoms with Crippen LogP contribution in [0.1, 0.15) is 19.4 Å². The predicted octanol–water partition coefficient (Wildman–Crippen LogP) is 3.09. The molecule has 2 rings (SSSR count). The first kappa shape index (κ1) is 12.8. The van der Waals surface area contributed by atoms with Gasteiger partial charge in [-0.1, -0.05) is 17.7 Å². The number of ether oxygens (including phenoxy) is 1. The van der Waals surface area contributed by atoms with E-state index in [1.165, 1.54) is 6.07 Å². The topological polar surface area (TPSA) is 12.5 Å². The summed E-state index contributed by atoms with van der Waals surface area (Å²) in [5.74, 6) is -0.232. The molecule has 1 aliphatic heterocycles. The predicted molar refractivity (Wildman–Crippen MR) is 66.7 cm³/mol. The fourth-order valence-corrected chi connectivity index (χ4v) is 2.54. The van der Waals surface area contributed by atoms with Crippen molar-refractivity contribution in [2.45, 2.75) is 32.6 Å². The Morgan fingerprint density at radius 1 is 1.35 bits per heavy atom. The molecule has 2 nitrogen and oxygen atoms in total. The second-order valence-electron chi connectivity index (χ2n) is 4.65. The largest absolute Gasteiger partial charge is 0.373 e. The minimum atomic E-state index is -0.232. The highest BCUT2D eigenvalue weighted by Gasteiger charge is 2.23. The maximum atomic E-state index is 13.7. The van der Waals surface area contributed by atoms with E-state index in [4.69, 9.17) is 16.3 Å². The van der Waals surface area contributed by atoms with Crippen LogP contribution in [-0.4, -0.2) is 30.2 Å². The van der Waals surface area contributed by atoms with Gasteiger partial charge in [-0.2, -0.15) is 0 Å². The summed E-state index contributed by atoms with van der Waals surface area (Å²) >= 11 is 6.02. The fourth-order valence-electron chi connectivity index (χ4n) is 2.32. The first-order valence-corrected chi connectivity index (χ1v) is 6.24. The van der Waals surface area contributed by atoms with Gasteiger partial charge < -0.3 is 4.74 Å². The Morgan fingerprint density at radius 3 is 2.59 bits per heavy atom. The first-order valence-electron chi connectivity index (χ1n) is 5.87. The molecule has 0 saturated carbocycles. The Bertz CT molecular complexity index is 369. The lowest BCUT2D eigenvalue weighted by Crippen LogP contribution is -2.45. The highest BCUT2D eigenvalue weighted by Crippen LogP contribution is 2.22. The highest BCUT2D eigenvalue weighted by atomic mass is 35.5. The lowest BCUT2D eigenvalue weighted by atomic mass is 10.1. The lowest BCUT2D eigenvalue weighted by molar-refractivity contribution is -0.0707. The number of benzene rings is 1. The van der Waals surface area contributed by atoms with E-state index in [9.17, 15) is 4.39 Å². The van der Waals surface area contributed by atoms with E-state index in [0.29, 0.717) is 17.1 Å². The maximum Gasteiger partial charge on any atom is 0.129 e. The van der Waals surface area contributed by atoms with Crippen LogP contribution in [0.4, 0.5) is 4.39 Å². The average Bonchev–Trinajstić information content (AvgIpc) is 2.22. The van der Waals surface area contributed by atoms with Gasteiger partial charge in [0.25, 0.3) is 0 Å². The van der Waals surface area contributed by atoms with Gasteiger partial charge in [-0.3, -0.25) is 4.90 Å². The Morgan fingerprint density at radius 2 is 2.00 bits per heavy atom. The molecule has 4 heteroatoms. The molecule has 17 heavy (non-hydrogen) atoms. The third-order valence-corrected chi connectivity index (χ3v) is 3.29. The van der Waals surface area contributed by atoms with Gasteiger partial charge in [0.15, 0.2) is 0 Å². The molecule has 1 fully saturated rings. The molecule has 0 radical (unpaired) electrons. The van der Waals surface area contributed by atoms with Crippen molar-refractivity contribution in [3.63, 3.8) is 0 Å². The Kier molecular flexibility index (Phi) is 4.02. The summed E-state index contributed by atoms with van der Waals surface area (Å²) in [4.78, 5) is 2.18. The molecule has 0 aliphatic carbocycles. The van der Waals surface area contributed by atoms with Crippen molar-refractivity contribution in [2.75, 3.05) is 13.1 Å². The molecule has 94 valence electrons. The van der Waals surface area contributed by atoms with Crippen molar-refractivity contribution >= 4 is 11.6 Å². The molecule has 1 saturated heterocycles. The van der Waals surface area contributed by atoms with E-state index in [-0.39, 0.29) is 18.0 Å². The lowest BCUT2D eigenvalue weighted by Gasteiger charge is -2.35. The zero-order valence-electron chi connectivity index (χ0n) is 10.1. The normalized spacial score (nSPS) is 26.1. The SMILES string of the molecule is C[C@@H]1CN(Cc2c(F)cccc2Cl)C[C@H](C)O1. The average molecular weight is 258 g/mol. The van der Waals surface area contributed by atoms with Crippen LogP contribution in [-0.2, 0) is 11.3 Å². The molecule has 1 aromatic rings. The minimum Gasteiger partial charge on any atom is -0.373 e. The van der Waals surface area contributed by atoms with Crippen molar-refractivity contribution in [1.82, 2.24) is 4.90 Å². The van der Waals surface area contributed by atoms with Crippen molar-refractivity contribution in [1.29, 1.82) is 0 Å². The van der Waals surface area contributed by atoms with Crippen molar-refractivity contribution in [2.24, 2.45) is 0 Å². The molecule has 0 unspecified atom stereocenters. The molecular formula is C13H17ClFNO. The van der Waals surface area contributed by atoms with Crippen LogP contribution >= 0.6 is 11.6 Å². The summed E-state index contributed by atoms with van der Waals surface area (Å²) < 4.78 is 19.3. The van der Waals surface area contributed by atoms with Gasteiger partial charge in [0.05, 0.1) is 12.2 Å². The van der Waals surface area contributed by atoms with Crippen LogP contribution in [0.25, 0.3) is 0 Å². The number of hydrogen-bond donors (Lipinski definition) is 0. The number of hydrogen-bond acceptors (Lipinski definition) is 2. The van der Waals surface area contributed by atoms with E-state index < -0.39 is 0 Å². The zero-order valence-corrected chi connectivity index (χ0v) is 10.9. The monoisotopic (exact) mass is 257 g/mol. The van der Waals surface area contributed by atoms with E-state index in [0.717, 1.165) is 13.1 Å². The summed E-state index contributed by atoms with van der Waals surface area (Å²) in [6.45, 7) is 6.24. The van der Waals surface area contributed by atoms with Gasteiger partial charge in [0.1, 0.15) is 5.82 Å². The van der Waals surface area contributed by atoms with Crippen molar-refractivity contribution in [3.05, 3.63) is 34.6 Å². The van der Waals surface area contributed by atoms with Crippen LogP contribution in [0.3, 0.4) is 0 Å². The molecule has 0 aromatic heterocycles. The van der Waals surface area contributed by atoms with Gasteiger partial charge in [0.2, 0.25) is 0 Å². The van der Waals surface area contributed by atoms with Gasteiger partial charge in [-0.25, -0.2) is 4.39 Å². The summed E-state index contributed by atoms with van der Waals surface area (Å²) in [5.41, 5.74) is 0.579. The number of rotatable bonds is 2. The molecular weight excluding hydrogens is 241 g/mol. The molecule has 0 bridgehead atoms. The van der Waals surface area contributed by atoms with Crippen molar-refractivity contribution < 1.29 is 9.13 Å². The highest BCUT2D eigenvalue weighted by molar-refractivity contribution is 6.31. The minimum absolute atomic E-state index is 0.185. The van der Waals surface area contributed by atoms with Gasteiger partial charge in [-0.15, -0.1) is 0 Å².